The van der Waals surface area contributed by atoms with Crippen LogP contribution in [-0.4, -0.2) is 59.7 Å². The summed E-state index contributed by atoms with van der Waals surface area (Å²) in [5.74, 6) is 0. The smallest absolute Gasteiger partial charge is 0.658 e. The third kappa shape index (κ3) is 7.62. The zero-order chi connectivity index (χ0) is 26.6. The first-order valence-electron chi connectivity index (χ1n) is 12.8. The van der Waals surface area contributed by atoms with E-state index < -0.39 is 30.6 Å². The number of hydrogen-bond donors (Lipinski definition) is 0. The van der Waals surface area contributed by atoms with Crippen molar-refractivity contribution in [3.05, 3.63) is 126 Å². The van der Waals surface area contributed by atoms with Crippen LogP contribution in [0.15, 0.2) is 126 Å². The molecule has 0 unspecified atom stereocenters. The predicted molar refractivity (Wildman–Crippen MR) is 181 cm³/mol. The van der Waals surface area contributed by atoms with Gasteiger partial charge in [0.05, 0.1) is 0 Å². The summed E-state index contributed by atoms with van der Waals surface area (Å²) in [5.41, 5.74) is 4.42. The Hall–Kier alpha value is -0.936. The number of benzene rings is 4. The van der Waals surface area contributed by atoms with E-state index in [-0.39, 0.29) is 37.7 Å². The number of hydrogen-bond acceptors (Lipinski definition) is 1. The van der Waals surface area contributed by atoms with Gasteiger partial charge in [0, 0.05) is 0 Å². The summed E-state index contributed by atoms with van der Waals surface area (Å²) in [6.07, 6.45) is 0. The standard InChI is InChI=1S/C31H38N2P2Si2.Ca/c1-36(2,3)32-34(28-19-11-7-12-20-28,29-21-13-8-14-22-29)27-35(33-37(4,5)6,30-23-15-9-16-24-30)31-25-17-10-18-26-31;/h7-26H,1-6H3;/q-2;+2. The Morgan fingerprint density at radius 2 is 0.842 bits per heavy atom. The number of rotatable bonds is 8. The van der Waals surface area contributed by atoms with E-state index in [4.69, 9.17) is 9.16 Å². The minimum Gasteiger partial charge on any atom is -0.658 e. The van der Waals surface area contributed by atoms with E-state index in [1.165, 1.54) is 21.2 Å². The summed E-state index contributed by atoms with van der Waals surface area (Å²) in [6.45, 7) is 14.1. The zero-order valence-electron chi connectivity index (χ0n) is 23.5. The van der Waals surface area contributed by atoms with Crippen LogP contribution < -0.4 is 21.2 Å². The minimum atomic E-state index is -2.45. The van der Waals surface area contributed by atoms with E-state index in [1.54, 1.807) is 0 Å². The molecule has 0 heterocycles. The van der Waals surface area contributed by atoms with Gasteiger partial charge in [-0.1, -0.05) is 179 Å². The molecule has 0 aliphatic carbocycles. The molecule has 0 amide bonds. The molecule has 0 N–H and O–H groups in total. The molecule has 38 heavy (non-hydrogen) atoms. The molecule has 0 atom stereocenters. The fraction of sp³-hybridized carbons (Fsp3) is 0.194. The monoisotopic (exact) mass is 596 g/mol. The summed E-state index contributed by atoms with van der Waals surface area (Å²) in [5, 5.41) is 5.02. The van der Waals surface area contributed by atoms with E-state index in [0.717, 1.165) is 0 Å². The summed E-state index contributed by atoms with van der Waals surface area (Å²) >= 11 is 0. The molecule has 0 aromatic heterocycles. The molecule has 0 saturated heterocycles. The van der Waals surface area contributed by atoms with E-state index in [0.29, 0.717) is 0 Å². The van der Waals surface area contributed by atoms with Crippen LogP contribution in [0.3, 0.4) is 0 Å². The number of nitrogens with zero attached hydrogens (tertiary/aromatic N) is 2. The second-order valence-electron chi connectivity index (χ2n) is 11.3. The summed E-state index contributed by atoms with van der Waals surface area (Å²) in [6, 6.07) is 43.7. The van der Waals surface area contributed by atoms with Crippen LogP contribution in [0.5, 0.6) is 0 Å². The third-order valence-corrected chi connectivity index (χ3v) is 19.4. The first-order valence-corrected chi connectivity index (χ1v) is 23.2. The van der Waals surface area contributed by atoms with Crippen LogP contribution in [0, 0.1) is 0 Å². The van der Waals surface area contributed by atoms with Crippen molar-refractivity contribution in [2.24, 2.45) is 4.41 Å². The molecule has 0 aliphatic heterocycles. The second kappa shape index (κ2) is 13.2. The molecular weight excluding hydrogens is 559 g/mol. The molecule has 0 radical (unpaired) electrons. The average Bonchev–Trinajstić information content (AvgIpc) is 2.88. The van der Waals surface area contributed by atoms with Crippen molar-refractivity contribution < 1.29 is 0 Å². The van der Waals surface area contributed by atoms with Gasteiger partial charge in [0.2, 0.25) is 0 Å². The Balaban J connectivity index is 0.00000400. The van der Waals surface area contributed by atoms with Crippen molar-refractivity contribution >= 4 is 95.1 Å². The summed E-state index contributed by atoms with van der Waals surface area (Å²) in [7, 11) is -8.73. The Morgan fingerprint density at radius 3 is 1.13 bits per heavy atom. The van der Waals surface area contributed by atoms with Gasteiger partial charge in [-0.15, -0.1) is 7.05 Å². The SMILES string of the molecule is C[Si](C)(C)N=P([C-]=P([N-][Si](C)(C)C)(c1ccccc1)c1ccccc1)(c1ccccc1)c1ccccc1.[Ca+2]. The second-order valence-corrected chi connectivity index (χ2v) is 26.9. The van der Waals surface area contributed by atoms with Crippen LogP contribution in [0.25, 0.3) is 4.75 Å². The van der Waals surface area contributed by atoms with Crippen LogP contribution >= 0.6 is 14.1 Å². The predicted octanol–water partition coefficient (Wildman–Crippen LogP) is 7.72. The zero-order valence-corrected chi connectivity index (χ0v) is 29.5. The minimum absolute atomic E-state index is 0. The van der Waals surface area contributed by atoms with Crippen molar-refractivity contribution in [3.8, 4) is 0 Å². The van der Waals surface area contributed by atoms with Gasteiger partial charge in [0.25, 0.3) is 0 Å². The maximum Gasteiger partial charge on any atom is 2.00 e. The average molecular weight is 597 g/mol. The van der Waals surface area contributed by atoms with Gasteiger partial charge in [0.1, 0.15) is 0 Å². The largest absolute Gasteiger partial charge is 2.00 e. The normalized spacial score (nSPS) is 12.4. The quantitative estimate of drug-likeness (QED) is 0.113. The van der Waals surface area contributed by atoms with Gasteiger partial charge < -0.3 is 21.7 Å². The molecule has 0 aliphatic rings. The van der Waals surface area contributed by atoms with Gasteiger partial charge in [0.15, 0.2) is 8.24 Å². The Kier molecular flexibility index (Phi) is 10.9. The first kappa shape index (κ1) is 31.6. The Labute approximate surface area is 262 Å². The van der Waals surface area contributed by atoms with Gasteiger partial charge in [-0.3, -0.25) is 0 Å². The maximum absolute atomic E-state index is 5.87. The van der Waals surface area contributed by atoms with Crippen LogP contribution in [-0.2, 0) is 0 Å². The third-order valence-electron chi connectivity index (χ3n) is 5.71. The van der Waals surface area contributed by atoms with Crippen molar-refractivity contribution in [2.75, 3.05) is 0 Å². The molecule has 4 rings (SSSR count). The fourth-order valence-electron chi connectivity index (χ4n) is 4.49. The first-order chi connectivity index (χ1) is 17.5. The van der Waals surface area contributed by atoms with Gasteiger partial charge >= 0.3 is 37.7 Å². The van der Waals surface area contributed by atoms with Gasteiger partial charge in [-0.25, -0.2) is 0 Å². The van der Waals surface area contributed by atoms with E-state index >= 15 is 0 Å². The molecule has 0 bridgehead atoms. The molecule has 7 heteroatoms. The summed E-state index contributed by atoms with van der Waals surface area (Å²) in [4.78, 5) is 0. The maximum atomic E-state index is 5.87. The topological polar surface area (TPSA) is 26.5 Å². The van der Waals surface area contributed by atoms with Crippen molar-refractivity contribution in [1.82, 2.24) is 0 Å². The van der Waals surface area contributed by atoms with E-state index in [2.05, 4.69) is 166 Å². The van der Waals surface area contributed by atoms with Crippen molar-refractivity contribution in [1.29, 1.82) is 0 Å². The van der Waals surface area contributed by atoms with Crippen LogP contribution in [0.2, 0.25) is 39.3 Å². The molecule has 0 saturated carbocycles. The molecule has 0 spiro atoms. The molecule has 4 aromatic rings. The molecule has 0 fully saturated rings. The van der Waals surface area contributed by atoms with Crippen LogP contribution in [0.1, 0.15) is 0 Å². The molecular formula is C31H38CaN2P2Si2. The van der Waals surface area contributed by atoms with Crippen molar-refractivity contribution in [3.63, 3.8) is 0 Å². The molecule has 192 valence electrons. The van der Waals surface area contributed by atoms with Crippen LogP contribution in [0.4, 0.5) is 0 Å². The fourth-order valence-corrected chi connectivity index (χ4v) is 21.2. The van der Waals surface area contributed by atoms with Gasteiger partial charge in [-0.05, 0) is 10.6 Å². The van der Waals surface area contributed by atoms with Gasteiger partial charge in [-0.2, -0.15) is 0 Å². The molecule has 4 aromatic carbocycles. The Morgan fingerprint density at radius 1 is 0.526 bits per heavy atom. The van der Waals surface area contributed by atoms with E-state index in [1.807, 2.05) is 0 Å². The van der Waals surface area contributed by atoms with Crippen molar-refractivity contribution in [2.45, 2.75) is 39.3 Å². The summed E-state index contributed by atoms with van der Waals surface area (Å²) < 4.78 is 11.7. The Bertz CT molecular complexity index is 1330. The van der Waals surface area contributed by atoms with E-state index in [9.17, 15) is 0 Å². The molecule has 2 nitrogen and oxygen atoms in total.